The Morgan fingerprint density at radius 3 is 2.63 bits per heavy atom. The van der Waals surface area contributed by atoms with Gasteiger partial charge in [-0.05, 0) is 49.4 Å². The summed E-state index contributed by atoms with van der Waals surface area (Å²) in [6.07, 6.45) is 2.99. The summed E-state index contributed by atoms with van der Waals surface area (Å²) in [6, 6.07) is 0. The van der Waals surface area contributed by atoms with Gasteiger partial charge in [0.15, 0.2) is 0 Å². The average molecular weight is 266 g/mol. The molecule has 0 amide bonds. The van der Waals surface area contributed by atoms with Crippen molar-refractivity contribution in [1.29, 1.82) is 0 Å². The third-order valence-corrected chi connectivity index (χ3v) is 5.90. The van der Waals surface area contributed by atoms with E-state index in [1.807, 2.05) is 0 Å². The zero-order chi connectivity index (χ0) is 14.9. The maximum atomic E-state index is 8.40. The van der Waals surface area contributed by atoms with Gasteiger partial charge in [-0.25, -0.2) is 0 Å². The van der Waals surface area contributed by atoms with Crippen LogP contribution in [0.2, 0.25) is 0 Å². The fourth-order valence-electron chi connectivity index (χ4n) is 4.59. The van der Waals surface area contributed by atoms with Crippen molar-refractivity contribution in [3.63, 3.8) is 0 Å². The minimum Gasteiger partial charge on any atom is -0.404 e. The number of nitrogens with two attached hydrogens (primary N) is 1. The fraction of sp³-hybridized carbons (Fsp3) is 1.00. The summed E-state index contributed by atoms with van der Waals surface area (Å²) < 4.78 is 20.8. The average Bonchev–Trinajstić information content (AvgIpc) is 2.64. The van der Waals surface area contributed by atoms with Crippen molar-refractivity contribution in [1.82, 2.24) is 0 Å². The van der Waals surface area contributed by atoms with Crippen LogP contribution in [0.15, 0.2) is 0 Å². The van der Waals surface area contributed by atoms with E-state index in [4.69, 9.17) is 16.4 Å². The first kappa shape index (κ1) is 12.7. The summed E-state index contributed by atoms with van der Waals surface area (Å²) in [4.78, 5) is 0. The Hall–Kier alpha value is -0.0551. The molecule has 4 heteroatoms. The van der Waals surface area contributed by atoms with E-state index in [-0.39, 0.29) is 11.7 Å². The smallest absolute Gasteiger partial charge is 0.404 e. The summed E-state index contributed by atoms with van der Waals surface area (Å²) in [7, 11) is -0.588. The molecule has 1 aliphatic heterocycles. The maximum absolute atomic E-state index is 8.40. The Balaban J connectivity index is 1.79. The normalized spacial score (nSPS) is 47.4. The molecular weight excluding hydrogens is 237 g/mol. The molecule has 1 unspecified atom stereocenters. The largest absolute Gasteiger partial charge is 0.475 e. The summed E-state index contributed by atoms with van der Waals surface area (Å²) in [5.74, 6) is 0.475. The lowest BCUT2D eigenvalue weighted by molar-refractivity contribution is -0.199. The molecule has 3 saturated carbocycles. The first-order chi connectivity index (χ1) is 9.07. The van der Waals surface area contributed by atoms with Crippen LogP contribution in [0.5, 0.6) is 0 Å². The molecule has 0 aromatic rings. The molecule has 3 nitrogen and oxygen atoms in total. The zero-order valence-electron chi connectivity index (χ0n) is 13.9. The van der Waals surface area contributed by atoms with E-state index in [0.717, 1.165) is 12.3 Å². The zero-order valence-corrected chi connectivity index (χ0v) is 12.9. The Labute approximate surface area is 119 Å². The van der Waals surface area contributed by atoms with Crippen LogP contribution >= 0.6 is 0 Å². The van der Waals surface area contributed by atoms with Crippen LogP contribution in [-0.2, 0) is 9.31 Å². The second kappa shape index (κ2) is 4.22. The number of hydrogen-bond acceptors (Lipinski definition) is 3. The lowest BCUT2D eigenvalue weighted by Crippen LogP contribution is -2.65. The van der Waals surface area contributed by atoms with Gasteiger partial charge in [0.25, 0.3) is 0 Å². The molecule has 1 saturated heterocycles. The predicted molar refractivity (Wildman–Crippen MR) is 77.5 cm³/mol. The standard InChI is InChI=1S/C15H28BNO2/c1-9(2)6-13(17)16-18-12-8-10-7-11(14(10,3)4)15(12,5)19-16/h9-13H,6-8,17H2,1-5H3/t10-,11-,12+,13?,15-/m0/s1/i13D. The van der Waals surface area contributed by atoms with E-state index < -0.39 is 13.0 Å². The van der Waals surface area contributed by atoms with E-state index in [0.29, 0.717) is 23.7 Å². The molecule has 1 heterocycles. The van der Waals surface area contributed by atoms with Gasteiger partial charge in [0.2, 0.25) is 0 Å². The van der Waals surface area contributed by atoms with Crippen LogP contribution in [0, 0.1) is 23.2 Å². The molecule has 108 valence electrons. The van der Waals surface area contributed by atoms with E-state index in [2.05, 4.69) is 34.6 Å². The molecule has 4 rings (SSSR count). The van der Waals surface area contributed by atoms with Gasteiger partial charge in [-0.2, -0.15) is 0 Å². The Morgan fingerprint density at radius 2 is 2.05 bits per heavy atom. The maximum Gasteiger partial charge on any atom is 0.475 e. The summed E-state index contributed by atoms with van der Waals surface area (Å²) in [6.45, 7) is 11.0. The highest BCUT2D eigenvalue weighted by Gasteiger charge is 2.68. The van der Waals surface area contributed by atoms with Gasteiger partial charge >= 0.3 is 7.12 Å². The van der Waals surface area contributed by atoms with Gasteiger partial charge in [-0.1, -0.05) is 27.7 Å². The van der Waals surface area contributed by atoms with E-state index in [1.165, 1.54) is 6.42 Å². The van der Waals surface area contributed by atoms with Crippen LogP contribution in [-0.4, -0.2) is 24.7 Å². The number of rotatable bonds is 3. The van der Waals surface area contributed by atoms with Crippen LogP contribution in [0.3, 0.4) is 0 Å². The predicted octanol–water partition coefficient (Wildman–Crippen LogP) is 2.63. The van der Waals surface area contributed by atoms with Crippen molar-refractivity contribution in [3.8, 4) is 0 Å². The second-order valence-corrected chi connectivity index (χ2v) is 7.97. The minimum atomic E-state index is -1.15. The molecule has 3 aliphatic carbocycles. The molecular formula is C15H28BNO2. The molecule has 4 fully saturated rings. The Morgan fingerprint density at radius 1 is 1.37 bits per heavy atom. The van der Waals surface area contributed by atoms with Crippen molar-refractivity contribution in [3.05, 3.63) is 0 Å². The van der Waals surface area contributed by atoms with Crippen LogP contribution in [0.25, 0.3) is 0 Å². The Kier molecular flexibility index (Phi) is 2.81. The molecule has 2 N–H and O–H groups in total. The SMILES string of the molecule is [2H]C(N)(CC(C)C)B1O[C@@H]2C[C@@H]3C[C@@H](C3(C)C)[C@]2(C)O1. The van der Waals surface area contributed by atoms with Gasteiger partial charge in [-0.3, -0.25) is 0 Å². The molecule has 0 aromatic carbocycles. The Bertz CT molecular complexity index is 415. The molecule has 0 spiro atoms. The van der Waals surface area contributed by atoms with Crippen molar-refractivity contribution < 1.29 is 10.7 Å². The third kappa shape index (κ3) is 1.90. The highest BCUT2D eigenvalue weighted by atomic mass is 16.7. The van der Waals surface area contributed by atoms with Crippen LogP contribution < -0.4 is 5.73 Å². The molecule has 2 bridgehead atoms. The van der Waals surface area contributed by atoms with Gasteiger partial charge in [0.1, 0.15) is 0 Å². The fourth-order valence-corrected chi connectivity index (χ4v) is 4.59. The number of hydrogen-bond donors (Lipinski definition) is 1. The van der Waals surface area contributed by atoms with Crippen molar-refractivity contribution >= 4 is 7.12 Å². The van der Waals surface area contributed by atoms with Crippen molar-refractivity contribution in [2.45, 2.75) is 71.5 Å². The molecule has 0 aromatic heterocycles. The van der Waals surface area contributed by atoms with Crippen LogP contribution in [0.1, 0.15) is 55.3 Å². The summed E-state index contributed by atoms with van der Waals surface area (Å²) in [5.41, 5.74) is 6.26. The third-order valence-electron chi connectivity index (χ3n) is 5.90. The van der Waals surface area contributed by atoms with Gasteiger partial charge < -0.3 is 15.0 Å². The first-order valence-corrected chi connectivity index (χ1v) is 7.69. The first-order valence-electron chi connectivity index (χ1n) is 8.19. The molecule has 4 aliphatic rings. The monoisotopic (exact) mass is 266 g/mol. The highest BCUT2D eigenvalue weighted by molar-refractivity contribution is 6.47. The van der Waals surface area contributed by atoms with E-state index in [1.54, 1.807) is 0 Å². The van der Waals surface area contributed by atoms with Gasteiger partial charge in [-0.15, -0.1) is 0 Å². The summed E-state index contributed by atoms with van der Waals surface area (Å²) >= 11 is 0. The minimum absolute atomic E-state index is 0.115. The lowest BCUT2D eigenvalue weighted by atomic mass is 9.43. The van der Waals surface area contributed by atoms with E-state index in [9.17, 15) is 0 Å². The van der Waals surface area contributed by atoms with E-state index >= 15 is 0 Å². The second-order valence-electron chi connectivity index (χ2n) is 7.97. The molecule has 19 heavy (non-hydrogen) atoms. The van der Waals surface area contributed by atoms with Gasteiger partial charge in [0.05, 0.1) is 11.7 Å². The highest BCUT2D eigenvalue weighted by Crippen LogP contribution is 2.65. The molecule has 5 atom stereocenters. The quantitative estimate of drug-likeness (QED) is 0.799. The molecule has 0 radical (unpaired) electrons. The summed E-state index contributed by atoms with van der Waals surface area (Å²) in [5, 5.41) is 0. The van der Waals surface area contributed by atoms with Gasteiger partial charge in [0, 0.05) is 7.29 Å². The topological polar surface area (TPSA) is 44.5 Å². The van der Waals surface area contributed by atoms with Crippen molar-refractivity contribution in [2.75, 3.05) is 0 Å². The lowest BCUT2D eigenvalue weighted by Gasteiger charge is -2.64. The van der Waals surface area contributed by atoms with Crippen LogP contribution in [0.4, 0.5) is 0 Å². The van der Waals surface area contributed by atoms with Crippen molar-refractivity contribution in [2.24, 2.45) is 28.9 Å².